The second-order valence-electron chi connectivity index (χ2n) is 4.74. The Balaban J connectivity index is 0.00000200. The van der Waals surface area contributed by atoms with E-state index in [1.807, 2.05) is 25.2 Å². The summed E-state index contributed by atoms with van der Waals surface area (Å²) in [4.78, 5) is 0. The highest BCUT2D eigenvalue weighted by atomic mass is 35.5. The highest BCUT2D eigenvalue weighted by molar-refractivity contribution is 5.85. The lowest BCUT2D eigenvalue weighted by Crippen LogP contribution is -2.31. The van der Waals surface area contributed by atoms with Crippen molar-refractivity contribution >= 4 is 12.4 Å². The van der Waals surface area contributed by atoms with Gasteiger partial charge in [0.1, 0.15) is 12.0 Å². The van der Waals surface area contributed by atoms with Gasteiger partial charge in [-0.2, -0.15) is 0 Å². The molecule has 2 aromatic rings. The van der Waals surface area contributed by atoms with Crippen LogP contribution in [-0.4, -0.2) is 13.3 Å². The Kier molecular flexibility index (Phi) is 7.13. The minimum absolute atomic E-state index is 0. The molecule has 0 heterocycles. The van der Waals surface area contributed by atoms with E-state index in [-0.39, 0.29) is 18.6 Å². The maximum Gasteiger partial charge on any atom is 0.150 e. The Hall–Kier alpha value is -1.51. The van der Waals surface area contributed by atoms with E-state index in [1.54, 1.807) is 0 Å². The number of nitrogens with one attached hydrogen (secondary N) is 1. The summed E-state index contributed by atoms with van der Waals surface area (Å²) in [6.45, 7) is 2.07. The van der Waals surface area contributed by atoms with Crippen LogP contribution in [0.1, 0.15) is 17.5 Å². The lowest BCUT2D eigenvalue weighted by atomic mass is 10.1. The van der Waals surface area contributed by atoms with Gasteiger partial charge in [0.25, 0.3) is 0 Å². The summed E-state index contributed by atoms with van der Waals surface area (Å²) >= 11 is 0. The van der Waals surface area contributed by atoms with Gasteiger partial charge in [0, 0.05) is 6.42 Å². The number of hydrogen-bond donors (Lipinski definition) is 1. The van der Waals surface area contributed by atoms with Gasteiger partial charge in [-0.1, -0.05) is 42.5 Å². The molecule has 2 nitrogen and oxygen atoms in total. The molecule has 0 aliphatic carbocycles. The van der Waals surface area contributed by atoms with Crippen LogP contribution in [0.3, 0.4) is 0 Å². The zero-order valence-corrected chi connectivity index (χ0v) is 12.8. The molecule has 0 aromatic heterocycles. The van der Waals surface area contributed by atoms with Crippen LogP contribution in [-0.2, 0) is 6.42 Å². The maximum absolute atomic E-state index is 5.96. The van der Waals surface area contributed by atoms with E-state index in [0.29, 0.717) is 0 Å². The molecule has 1 unspecified atom stereocenters. The molecule has 0 spiro atoms. The number of benzene rings is 2. The van der Waals surface area contributed by atoms with Gasteiger partial charge in [-0.15, -0.1) is 12.4 Å². The molecule has 0 saturated carbocycles. The van der Waals surface area contributed by atoms with E-state index in [0.717, 1.165) is 18.6 Å². The number of rotatable bonds is 6. The van der Waals surface area contributed by atoms with Crippen LogP contribution in [0.4, 0.5) is 0 Å². The van der Waals surface area contributed by atoms with Crippen molar-refractivity contribution < 1.29 is 4.74 Å². The molecule has 0 fully saturated rings. The molecule has 2 aromatic carbocycles. The van der Waals surface area contributed by atoms with Crippen LogP contribution in [0, 0.1) is 6.92 Å². The fourth-order valence-electron chi connectivity index (χ4n) is 2.06. The van der Waals surface area contributed by atoms with Gasteiger partial charge in [-0.05, 0) is 43.7 Å². The molecule has 108 valence electrons. The molecular weight excluding hydrogens is 270 g/mol. The summed E-state index contributed by atoms with van der Waals surface area (Å²) in [6.07, 6.45) is 2.01. The topological polar surface area (TPSA) is 21.3 Å². The van der Waals surface area contributed by atoms with Crippen LogP contribution < -0.4 is 10.1 Å². The number of hydrogen-bond acceptors (Lipinski definition) is 2. The molecule has 2 rings (SSSR count). The molecule has 0 amide bonds. The minimum Gasteiger partial charge on any atom is -0.475 e. The first kappa shape index (κ1) is 16.5. The minimum atomic E-state index is 0. The molecule has 0 aliphatic heterocycles. The molecule has 1 atom stereocenters. The predicted molar refractivity (Wildman–Crippen MR) is 86.7 cm³/mol. The normalized spacial score (nSPS) is 11.5. The van der Waals surface area contributed by atoms with Gasteiger partial charge < -0.3 is 4.74 Å². The smallest absolute Gasteiger partial charge is 0.150 e. The molecule has 0 bridgehead atoms. The van der Waals surface area contributed by atoms with Gasteiger partial charge in [0.05, 0.1) is 0 Å². The number of halogens is 1. The molecule has 0 radical (unpaired) electrons. The monoisotopic (exact) mass is 291 g/mol. The van der Waals surface area contributed by atoms with Crippen LogP contribution in [0.15, 0.2) is 54.6 Å². The van der Waals surface area contributed by atoms with Crippen molar-refractivity contribution in [3.05, 3.63) is 65.7 Å². The van der Waals surface area contributed by atoms with Crippen molar-refractivity contribution in [2.45, 2.75) is 26.0 Å². The highest BCUT2D eigenvalue weighted by Gasteiger charge is 2.08. The summed E-state index contributed by atoms with van der Waals surface area (Å²) in [7, 11) is 1.94. The van der Waals surface area contributed by atoms with Gasteiger partial charge >= 0.3 is 0 Å². The molecule has 0 aliphatic rings. The summed E-state index contributed by atoms with van der Waals surface area (Å²) < 4.78 is 5.96. The van der Waals surface area contributed by atoms with Crippen LogP contribution in [0.2, 0.25) is 0 Å². The van der Waals surface area contributed by atoms with Crippen molar-refractivity contribution in [3.8, 4) is 5.75 Å². The van der Waals surface area contributed by atoms with E-state index >= 15 is 0 Å². The second kappa shape index (κ2) is 8.62. The van der Waals surface area contributed by atoms with Crippen molar-refractivity contribution in [1.29, 1.82) is 0 Å². The van der Waals surface area contributed by atoms with Crippen molar-refractivity contribution in [2.75, 3.05) is 7.05 Å². The first-order chi connectivity index (χ1) is 9.28. The Morgan fingerprint density at radius 1 is 1.05 bits per heavy atom. The summed E-state index contributed by atoms with van der Waals surface area (Å²) in [5.41, 5.74) is 2.56. The van der Waals surface area contributed by atoms with Gasteiger partial charge in [0.2, 0.25) is 0 Å². The standard InChI is InChI=1S/C17H21NO.ClH/c1-14-7-6-10-16(13-14)19-17(18-2)12-11-15-8-4-3-5-9-15;/h3-10,13,17-18H,11-12H2,1-2H3;1H. The average molecular weight is 292 g/mol. The fraction of sp³-hybridized carbons (Fsp3) is 0.294. The quantitative estimate of drug-likeness (QED) is 0.813. The fourth-order valence-corrected chi connectivity index (χ4v) is 2.06. The van der Waals surface area contributed by atoms with Crippen LogP contribution in [0.25, 0.3) is 0 Å². The zero-order valence-electron chi connectivity index (χ0n) is 12.0. The lowest BCUT2D eigenvalue weighted by Gasteiger charge is -2.18. The van der Waals surface area contributed by atoms with Crippen LogP contribution in [0.5, 0.6) is 5.75 Å². The van der Waals surface area contributed by atoms with Crippen molar-refractivity contribution in [3.63, 3.8) is 0 Å². The van der Waals surface area contributed by atoms with Crippen molar-refractivity contribution in [2.24, 2.45) is 0 Å². The maximum atomic E-state index is 5.96. The third-order valence-electron chi connectivity index (χ3n) is 3.13. The predicted octanol–water partition coefficient (Wildman–Crippen LogP) is 3.97. The van der Waals surface area contributed by atoms with E-state index < -0.39 is 0 Å². The van der Waals surface area contributed by atoms with Gasteiger partial charge in [-0.25, -0.2) is 0 Å². The number of ether oxygens (including phenoxy) is 1. The van der Waals surface area contributed by atoms with Gasteiger partial charge in [-0.3, -0.25) is 5.32 Å². The lowest BCUT2D eigenvalue weighted by molar-refractivity contribution is 0.164. The first-order valence-corrected chi connectivity index (χ1v) is 6.72. The van der Waals surface area contributed by atoms with Crippen LogP contribution >= 0.6 is 12.4 Å². The Morgan fingerprint density at radius 3 is 2.45 bits per heavy atom. The third-order valence-corrected chi connectivity index (χ3v) is 3.13. The van der Waals surface area contributed by atoms with Gasteiger partial charge in [0.15, 0.2) is 0 Å². The Morgan fingerprint density at radius 2 is 1.80 bits per heavy atom. The highest BCUT2D eigenvalue weighted by Crippen LogP contribution is 2.15. The van der Waals surface area contributed by atoms with Crippen molar-refractivity contribution in [1.82, 2.24) is 5.32 Å². The summed E-state index contributed by atoms with van der Waals surface area (Å²) in [6, 6.07) is 18.7. The summed E-state index contributed by atoms with van der Waals surface area (Å²) in [5.74, 6) is 0.924. The Labute approximate surface area is 127 Å². The second-order valence-corrected chi connectivity index (χ2v) is 4.74. The largest absolute Gasteiger partial charge is 0.475 e. The SMILES string of the molecule is CNC(CCc1ccccc1)Oc1cccc(C)c1.Cl. The molecule has 1 N–H and O–H groups in total. The number of aryl methyl sites for hydroxylation is 2. The third kappa shape index (κ3) is 5.24. The van der Waals surface area contributed by atoms with E-state index in [4.69, 9.17) is 4.74 Å². The first-order valence-electron chi connectivity index (χ1n) is 6.72. The Bertz CT molecular complexity index is 501. The zero-order chi connectivity index (χ0) is 13.5. The molecular formula is C17H22ClNO. The average Bonchev–Trinajstić information content (AvgIpc) is 2.44. The van der Waals surface area contributed by atoms with E-state index in [2.05, 4.69) is 48.6 Å². The molecule has 3 heteroatoms. The van der Waals surface area contributed by atoms with E-state index in [1.165, 1.54) is 11.1 Å². The molecule has 0 saturated heterocycles. The molecule has 20 heavy (non-hydrogen) atoms. The summed E-state index contributed by atoms with van der Waals surface area (Å²) in [5, 5.41) is 3.22. The van der Waals surface area contributed by atoms with E-state index in [9.17, 15) is 0 Å².